The summed E-state index contributed by atoms with van der Waals surface area (Å²) in [5, 5.41) is 1.55. The van der Waals surface area contributed by atoms with Gasteiger partial charge in [-0.25, -0.2) is 13.2 Å². The van der Waals surface area contributed by atoms with Gasteiger partial charge in [-0.3, -0.25) is 19.4 Å². The van der Waals surface area contributed by atoms with Gasteiger partial charge in [0.2, 0.25) is 5.91 Å². The fraction of sp³-hybridized carbons (Fsp3) is 0.237. The maximum absolute atomic E-state index is 14.4. The van der Waals surface area contributed by atoms with Crippen LogP contribution in [0.1, 0.15) is 27.7 Å². The number of anilines is 1. The molecule has 0 spiro atoms. The van der Waals surface area contributed by atoms with Crippen LogP contribution >= 0.6 is 7.26 Å². The molecule has 2 aliphatic heterocycles. The van der Waals surface area contributed by atoms with E-state index in [2.05, 4.69) is 0 Å². The van der Waals surface area contributed by atoms with Crippen molar-refractivity contribution >= 4 is 56.5 Å². The number of halogens is 1. The number of fused-ring (bicyclic) bond motifs is 1. The maximum atomic E-state index is 14.4. The molecule has 0 saturated carbocycles. The van der Waals surface area contributed by atoms with E-state index < -0.39 is 57.7 Å². The van der Waals surface area contributed by atoms with E-state index in [1.807, 2.05) is 91.0 Å². The number of ether oxygens (including phenoxy) is 1. The number of β-lactam (4-membered cyclic amide) rings is 1. The minimum absolute atomic E-state index is 0. The number of nitrogens with zero attached hydrogens (tertiary/aromatic N) is 2. The van der Waals surface area contributed by atoms with Crippen molar-refractivity contribution in [1.29, 1.82) is 0 Å². The highest BCUT2D eigenvalue weighted by atomic mass is 79.9. The molecule has 2 heterocycles. The molecule has 11 heteroatoms. The summed E-state index contributed by atoms with van der Waals surface area (Å²) in [5.74, 6) is -2.37. The summed E-state index contributed by atoms with van der Waals surface area (Å²) in [7, 11) is -6.79. The van der Waals surface area contributed by atoms with Crippen LogP contribution in [0.5, 0.6) is 0 Å². The summed E-state index contributed by atoms with van der Waals surface area (Å²) in [5.41, 5.74) is -0.274. The van der Waals surface area contributed by atoms with E-state index in [0.717, 1.165) is 20.8 Å². The first-order chi connectivity index (χ1) is 22.8. The zero-order chi connectivity index (χ0) is 34.3. The van der Waals surface area contributed by atoms with Gasteiger partial charge in [-0.1, -0.05) is 72.8 Å². The number of carbonyl (C=O) groups is 3. The molecule has 2 aliphatic rings. The lowest BCUT2D eigenvalue weighted by atomic mass is 10.00. The van der Waals surface area contributed by atoms with Gasteiger partial charge in [0, 0.05) is 18.2 Å². The fourth-order valence-electron chi connectivity index (χ4n) is 6.72. The summed E-state index contributed by atoms with van der Waals surface area (Å²) < 4.78 is 34.7. The molecule has 1 saturated heterocycles. The highest BCUT2D eigenvalue weighted by molar-refractivity contribution is 7.96. The zero-order valence-corrected chi connectivity index (χ0v) is 31.0. The summed E-state index contributed by atoms with van der Waals surface area (Å²) in [4.78, 5) is 43.7. The monoisotopic (exact) mass is 760 g/mol. The van der Waals surface area contributed by atoms with Gasteiger partial charge in [-0.05, 0) is 69.3 Å². The van der Waals surface area contributed by atoms with Gasteiger partial charge in [0.05, 0.1) is 11.9 Å². The van der Waals surface area contributed by atoms with Crippen LogP contribution in [0.2, 0.25) is 0 Å². The number of benzene rings is 4. The largest absolute Gasteiger partial charge is 1.00 e. The number of para-hydroxylation sites is 1. The zero-order valence-electron chi connectivity index (χ0n) is 27.7. The van der Waals surface area contributed by atoms with Crippen molar-refractivity contribution in [1.82, 2.24) is 4.90 Å². The lowest BCUT2D eigenvalue weighted by Crippen LogP contribution is -3.00. The van der Waals surface area contributed by atoms with Crippen LogP contribution in [-0.4, -0.2) is 60.0 Å². The molecule has 0 N–H and O–H groups in total. The molecule has 4 aromatic carbocycles. The van der Waals surface area contributed by atoms with Crippen LogP contribution in [0.15, 0.2) is 133 Å². The molecule has 0 aliphatic carbocycles. The van der Waals surface area contributed by atoms with Gasteiger partial charge < -0.3 is 21.7 Å². The molecule has 2 amide bonds. The van der Waals surface area contributed by atoms with Gasteiger partial charge in [-0.15, -0.1) is 0 Å². The molecule has 4 aromatic rings. The molecule has 254 valence electrons. The number of amides is 2. The number of hydrogen-bond donors (Lipinski definition) is 0. The molecule has 0 unspecified atom stereocenters. The molecule has 2 atom stereocenters. The van der Waals surface area contributed by atoms with Crippen LogP contribution in [0, 0.1) is 0 Å². The second-order valence-electron chi connectivity index (χ2n) is 13.0. The molecule has 0 radical (unpaired) electrons. The van der Waals surface area contributed by atoms with E-state index in [4.69, 9.17) is 4.74 Å². The first kappa shape index (κ1) is 36.2. The normalized spacial score (nSPS) is 18.4. The first-order valence-electron chi connectivity index (χ1n) is 15.7. The Hall–Kier alpha value is -4.11. The molecule has 1 fully saturated rings. The van der Waals surface area contributed by atoms with Gasteiger partial charge in [0.15, 0.2) is 21.3 Å². The van der Waals surface area contributed by atoms with E-state index in [9.17, 15) is 22.8 Å². The second-order valence-corrected chi connectivity index (χ2v) is 18.6. The molecule has 8 nitrogen and oxygen atoms in total. The Labute approximate surface area is 298 Å². The van der Waals surface area contributed by atoms with Crippen LogP contribution in [0.25, 0.3) is 0 Å². The third-order valence-corrected chi connectivity index (χ3v) is 14.9. The quantitative estimate of drug-likeness (QED) is 0.154. The predicted molar refractivity (Wildman–Crippen MR) is 191 cm³/mol. The highest BCUT2D eigenvalue weighted by Crippen LogP contribution is 2.58. The van der Waals surface area contributed by atoms with Gasteiger partial charge in [-0.2, -0.15) is 0 Å². The van der Waals surface area contributed by atoms with Crippen LogP contribution in [0.3, 0.4) is 0 Å². The van der Waals surface area contributed by atoms with E-state index in [-0.39, 0.29) is 28.8 Å². The third kappa shape index (κ3) is 6.74. The average Bonchev–Trinajstić information content (AvgIpc) is 3.06. The average molecular weight is 762 g/mol. The lowest BCUT2D eigenvalue weighted by molar-refractivity contribution is -0.158. The minimum Gasteiger partial charge on any atom is -1.00 e. The summed E-state index contributed by atoms with van der Waals surface area (Å²) >= 11 is 0. The Balaban J connectivity index is 0.00000468. The van der Waals surface area contributed by atoms with Crippen molar-refractivity contribution in [3.05, 3.63) is 133 Å². The van der Waals surface area contributed by atoms with E-state index in [1.54, 1.807) is 51.1 Å². The first-order valence-corrected chi connectivity index (χ1v) is 19.4. The van der Waals surface area contributed by atoms with Gasteiger partial charge in [0.1, 0.15) is 34.5 Å². The summed E-state index contributed by atoms with van der Waals surface area (Å²) in [6.07, 6.45) is 0.176. The predicted octanol–water partition coefficient (Wildman–Crippen LogP) is 1.60. The number of rotatable bonds is 8. The molecular formula is C38H38BrN2O6PS. The number of sulfone groups is 1. The smallest absolute Gasteiger partial charge is 0.355 e. The van der Waals surface area contributed by atoms with Crippen LogP contribution in [0.4, 0.5) is 5.69 Å². The van der Waals surface area contributed by atoms with E-state index in [0.29, 0.717) is 11.3 Å². The Morgan fingerprint density at radius 1 is 0.796 bits per heavy atom. The Morgan fingerprint density at radius 3 is 1.63 bits per heavy atom. The maximum Gasteiger partial charge on any atom is 0.355 e. The standard InChI is InChI=1S/C38H38N2O6PS.BrH/c1-27(41)39(29-17-9-5-10-18-29)34-35(42)40-33(37(43)46-38(2,3)4)28(26-48(44,45)36(34)40)25-47(30-19-11-6-12-20-30,31-21-13-7-14-22-31)32-23-15-8-16-24-32;/h5-24,34,36H,25-26H2,1-4H3;1H/q+1;/p-1/t34-,36-;/m1./s1. The molecule has 49 heavy (non-hydrogen) atoms. The second kappa shape index (κ2) is 14.0. The number of hydrogen-bond acceptors (Lipinski definition) is 6. The number of carbonyl (C=O) groups excluding carboxylic acids is 3. The third-order valence-electron chi connectivity index (χ3n) is 8.60. The van der Waals surface area contributed by atoms with Crippen LogP contribution in [-0.2, 0) is 29.0 Å². The molecule has 0 aromatic heterocycles. The molecule has 0 bridgehead atoms. The summed E-state index contributed by atoms with van der Waals surface area (Å²) in [6.45, 7) is 6.48. The van der Waals surface area contributed by atoms with Gasteiger partial charge in [0.25, 0.3) is 5.91 Å². The van der Waals surface area contributed by atoms with E-state index in [1.165, 1.54) is 11.8 Å². The van der Waals surface area contributed by atoms with E-state index >= 15 is 0 Å². The van der Waals surface area contributed by atoms with Crippen molar-refractivity contribution in [2.75, 3.05) is 16.8 Å². The Bertz CT molecular complexity index is 1890. The fourth-order valence-corrected chi connectivity index (χ4v) is 13.2. The molecule has 6 rings (SSSR count). The molecular weight excluding hydrogens is 723 g/mol. The Kier molecular flexibility index (Phi) is 10.4. The van der Waals surface area contributed by atoms with Gasteiger partial charge >= 0.3 is 5.97 Å². The number of esters is 1. The van der Waals surface area contributed by atoms with Crippen molar-refractivity contribution in [2.45, 2.75) is 44.7 Å². The highest BCUT2D eigenvalue weighted by Gasteiger charge is 2.64. The Morgan fingerprint density at radius 2 is 1.22 bits per heavy atom. The lowest BCUT2D eigenvalue weighted by Gasteiger charge is -2.52. The SMILES string of the molecule is CC(=O)N(c1ccccc1)[C@@H]1C(=O)N2C(C(=O)OC(C)(C)C)=C(C[P+](c3ccccc3)(c3ccccc3)c3ccccc3)CS(=O)(=O)[C@H]12.[Br-]. The van der Waals surface area contributed by atoms with Crippen molar-refractivity contribution < 1.29 is 44.5 Å². The summed E-state index contributed by atoms with van der Waals surface area (Å²) in [6, 6.07) is 36.9. The topological polar surface area (TPSA) is 101 Å². The van der Waals surface area contributed by atoms with Crippen molar-refractivity contribution in [3.63, 3.8) is 0 Å². The van der Waals surface area contributed by atoms with Crippen LogP contribution < -0.4 is 37.8 Å². The van der Waals surface area contributed by atoms with Crippen molar-refractivity contribution in [2.24, 2.45) is 0 Å². The minimum atomic E-state index is -4.11. The van der Waals surface area contributed by atoms with Crippen molar-refractivity contribution in [3.8, 4) is 0 Å².